The zero-order valence-corrected chi connectivity index (χ0v) is 14.5. The van der Waals surface area contributed by atoms with E-state index in [-0.39, 0.29) is 0 Å². The summed E-state index contributed by atoms with van der Waals surface area (Å²) in [4.78, 5) is 0. The van der Waals surface area contributed by atoms with Crippen LogP contribution in [0.1, 0.15) is 30.9 Å². The summed E-state index contributed by atoms with van der Waals surface area (Å²) >= 11 is 0. The highest BCUT2D eigenvalue weighted by Crippen LogP contribution is 2.30. The molecule has 1 heterocycles. The molecule has 0 amide bonds. The number of fused-ring (bicyclic) bond motifs is 1. The van der Waals surface area contributed by atoms with Crippen molar-refractivity contribution < 1.29 is 4.74 Å². The second kappa shape index (κ2) is 7.54. The number of ether oxygens (including phenoxy) is 1. The van der Waals surface area contributed by atoms with E-state index in [1.165, 1.54) is 22.0 Å². The summed E-state index contributed by atoms with van der Waals surface area (Å²) in [5.74, 6) is 1.24. The normalized spacial score (nSPS) is 12.5. The topological polar surface area (TPSA) is 40.2 Å². The third-order valence-electron chi connectivity index (χ3n) is 4.58. The van der Waals surface area contributed by atoms with Crippen LogP contribution < -0.4 is 10.5 Å². The molecule has 126 valence electrons. The summed E-state index contributed by atoms with van der Waals surface area (Å²) in [6.45, 7) is 6.48. The van der Waals surface area contributed by atoms with E-state index < -0.39 is 0 Å². The Morgan fingerprint density at radius 3 is 2.67 bits per heavy atom. The molecule has 0 bridgehead atoms. The van der Waals surface area contributed by atoms with Crippen molar-refractivity contribution in [2.75, 3.05) is 13.2 Å². The fourth-order valence-electron chi connectivity index (χ4n) is 3.40. The van der Waals surface area contributed by atoms with Crippen LogP contribution >= 0.6 is 0 Å². The van der Waals surface area contributed by atoms with Crippen molar-refractivity contribution in [1.29, 1.82) is 0 Å². The molecule has 3 aromatic rings. The minimum Gasteiger partial charge on any atom is -0.494 e. The molecule has 0 saturated heterocycles. The van der Waals surface area contributed by atoms with Crippen LogP contribution in [0.5, 0.6) is 5.75 Å². The molecule has 0 aliphatic carbocycles. The summed E-state index contributed by atoms with van der Waals surface area (Å²) in [5, 5.41) is 1.32. The van der Waals surface area contributed by atoms with Gasteiger partial charge in [-0.15, -0.1) is 0 Å². The number of rotatable bonds is 7. The van der Waals surface area contributed by atoms with Gasteiger partial charge in [0.05, 0.1) is 6.61 Å². The lowest BCUT2D eigenvalue weighted by Crippen LogP contribution is -2.15. The highest BCUT2D eigenvalue weighted by atomic mass is 16.5. The van der Waals surface area contributed by atoms with Crippen LogP contribution in [-0.4, -0.2) is 17.7 Å². The Labute approximate surface area is 144 Å². The van der Waals surface area contributed by atoms with Crippen LogP contribution in [-0.2, 0) is 13.0 Å². The van der Waals surface area contributed by atoms with Crippen LogP contribution in [0.4, 0.5) is 0 Å². The van der Waals surface area contributed by atoms with Gasteiger partial charge >= 0.3 is 0 Å². The zero-order valence-electron chi connectivity index (χ0n) is 14.5. The Bertz CT molecular complexity index is 806. The van der Waals surface area contributed by atoms with Crippen molar-refractivity contribution >= 4 is 10.9 Å². The van der Waals surface area contributed by atoms with Gasteiger partial charge < -0.3 is 15.0 Å². The lowest BCUT2D eigenvalue weighted by atomic mass is 9.91. The third-order valence-corrected chi connectivity index (χ3v) is 4.58. The van der Waals surface area contributed by atoms with E-state index in [2.05, 4.69) is 60.2 Å². The molecule has 0 aliphatic rings. The van der Waals surface area contributed by atoms with Gasteiger partial charge in [0.15, 0.2) is 0 Å². The SMILES string of the molecule is CCOc1cccc(CC(CN)c2cn(CC)c3ccccc23)c1. The largest absolute Gasteiger partial charge is 0.494 e. The van der Waals surface area contributed by atoms with Gasteiger partial charge in [-0.3, -0.25) is 0 Å². The summed E-state index contributed by atoms with van der Waals surface area (Å²) in [6.07, 6.45) is 3.20. The number of nitrogens with zero attached hydrogens (tertiary/aromatic N) is 1. The summed E-state index contributed by atoms with van der Waals surface area (Å²) in [7, 11) is 0. The van der Waals surface area contributed by atoms with Gasteiger partial charge in [0.25, 0.3) is 0 Å². The van der Waals surface area contributed by atoms with Crippen molar-refractivity contribution in [2.45, 2.75) is 32.7 Å². The number of hydrogen-bond donors (Lipinski definition) is 1. The average molecular weight is 322 g/mol. The number of hydrogen-bond acceptors (Lipinski definition) is 2. The number of para-hydroxylation sites is 1. The molecule has 1 aromatic heterocycles. The van der Waals surface area contributed by atoms with E-state index >= 15 is 0 Å². The van der Waals surface area contributed by atoms with Crippen molar-refractivity contribution in [3.8, 4) is 5.75 Å². The molecule has 0 saturated carbocycles. The van der Waals surface area contributed by atoms with Crippen LogP contribution in [0.25, 0.3) is 10.9 Å². The smallest absolute Gasteiger partial charge is 0.119 e. The maximum Gasteiger partial charge on any atom is 0.119 e. The van der Waals surface area contributed by atoms with E-state index in [4.69, 9.17) is 10.5 Å². The Hall–Kier alpha value is -2.26. The second-order valence-electron chi connectivity index (χ2n) is 6.10. The molecule has 24 heavy (non-hydrogen) atoms. The molecule has 3 heteroatoms. The summed E-state index contributed by atoms with van der Waals surface area (Å²) in [5.41, 5.74) is 10.1. The molecule has 1 unspecified atom stereocenters. The van der Waals surface area contributed by atoms with Gasteiger partial charge in [0.2, 0.25) is 0 Å². The fourth-order valence-corrected chi connectivity index (χ4v) is 3.40. The first-order valence-corrected chi connectivity index (χ1v) is 8.76. The Balaban J connectivity index is 1.93. The first-order valence-electron chi connectivity index (χ1n) is 8.76. The van der Waals surface area contributed by atoms with Gasteiger partial charge in [-0.1, -0.05) is 30.3 Å². The molecule has 3 rings (SSSR count). The number of nitrogens with two attached hydrogens (primary N) is 1. The fraction of sp³-hybridized carbons (Fsp3) is 0.333. The van der Waals surface area contributed by atoms with Crippen LogP contribution in [0.2, 0.25) is 0 Å². The molecule has 0 spiro atoms. The minimum atomic E-state index is 0.305. The first-order chi connectivity index (χ1) is 11.8. The van der Waals surface area contributed by atoms with Gasteiger partial charge in [-0.05, 0) is 56.1 Å². The van der Waals surface area contributed by atoms with Crippen LogP contribution in [0, 0.1) is 0 Å². The molecule has 3 nitrogen and oxygen atoms in total. The van der Waals surface area contributed by atoms with E-state index in [0.29, 0.717) is 19.1 Å². The van der Waals surface area contributed by atoms with E-state index in [0.717, 1.165) is 18.7 Å². The Morgan fingerprint density at radius 1 is 1.08 bits per heavy atom. The third kappa shape index (κ3) is 3.31. The van der Waals surface area contributed by atoms with Crippen molar-refractivity contribution in [3.63, 3.8) is 0 Å². The predicted molar refractivity (Wildman–Crippen MR) is 101 cm³/mol. The first kappa shape index (κ1) is 16.6. The molecule has 2 aromatic carbocycles. The monoisotopic (exact) mass is 322 g/mol. The van der Waals surface area contributed by atoms with Crippen LogP contribution in [0.3, 0.4) is 0 Å². The van der Waals surface area contributed by atoms with Crippen molar-refractivity contribution in [1.82, 2.24) is 4.57 Å². The van der Waals surface area contributed by atoms with E-state index in [9.17, 15) is 0 Å². The number of benzene rings is 2. The zero-order chi connectivity index (χ0) is 16.9. The average Bonchev–Trinajstić information content (AvgIpc) is 2.99. The maximum atomic E-state index is 6.15. The molecule has 0 aliphatic heterocycles. The van der Waals surface area contributed by atoms with Gasteiger partial charge in [-0.25, -0.2) is 0 Å². The van der Waals surface area contributed by atoms with Gasteiger partial charge in [0.1, 0.15) is 5.75 Å². The number of aryl methyl sites for hydroxylation is 1. The summed E-state index contributed by atoms with van der Waals surface area (Å²) < 4.78 is 7.93. The highest BCUT2D eigenvalue weighted by Gasteiger charge is 2.17. The molecule has 0 radical (unpaired) electrons. The predicted octanol–water partition coefficient (Wildman–Crippen LogP) is 4.34. The molecule has 2 N–H and O–H groups in total. The van der Waals surface area contributed by atoms with Gasteiger partial charge in [-0.2, -0.15) is 0 Å². The highest BCUT2D eigenvalue weighted by molar-refractivity contribution is 5.84. The van der Waals surface area contributed by atoms with Crippen molar-refractivity contribution in [3.05, 3.63) is 65.9 Å². The minimum absolute atomic E-state index is 0.305. The second-order valence-corrected chi connectivity index (χ2v) is 6.10. The Kier molecular flexibility index (Phi) is 5.21. The molecule has 1 atom stereocenters. The quantitative estimate of drug-likeness (QED) is 0.702. The number of aromatic nitrogens is 1. The molecular weight excluding hydrogens is 296 g/mol. The standard InChI is InChI=1S/C21H26N2O/c1-3-23-15-20(19-10-5-6-11-21(19)23)17(14-22)12-16-8-7-9-18(13-16)24-4-2/h5-11,13,15,17H,3-4,12,14,22H2,1-2H3. The maximum absolute atomic E-state index is 6.15. The Morgan fingerprint density at radius 2 is 1.92 bits per heavy atom. The molecule has 0 fully saturated rings. The van der Waals surface area contributed by atoms with Gasteiger partial charge in [0, 0.05) is 29.6 Å². The van der Waals surface area contributed by atoms with Crippen molar-refractivity contribution in [2.24, 2.45) is 5.73 Å². The van der Waals surface area contributed by atoms with Crippen LogP contribution in [0.15, 0.2) is 54.7 Å². The lowest BCUT2D eigenvalue weighted by Gasteiger charge is -2.15. The molecular formula is C21H26N2O. The summed E-state index contributed by atoms with van der Waals surface area (Å²) in [6, 6.07) is 16.9. The lowest BCUT2D eigenvalue weighted by molar-refractivity contribution is 0.340. The van der Waals surface area contributed by atoms with E-state index in [1.807, 2.05) is 13.0 Å². The van der Waals surface area contributed by atoms with E-state index in [1.54, 1.807) is 0 Å².